The minimum Gasteiger partial charge on any atom is -0.507 e. The molecule has 3 aromatic carbocycles. The molecule has 1 fully saturated rings. The number of anilines is 1. The summed E-state index contributed by atoms with van der Waals surface area (Å²) in [7, 11) is 1.13. The van der Waals surface area contributed by atoms with Crippen molar-refractivity contribution < 1.29 is 41.8 Å². The van der Waals surface area contributed by atoms with E-state index < -0.39 is 63.3 Å². The fourth-order valence-electron chi connectivity index (χ4n) is 4.86. The third-order valence-electron chi connectivity index (χ3n) is 7.24. The molecule has 0 bridgehead atoms. The van der Waals surface area contributed by atoms with E-state index in [2.05, 4.69) is 0 Å². The van der Waals surface area contributed by atoms with Crippen molar-refractivity contribution in [1.82, 2.24) is 4.31 Å². The lowest BCUT2D eigenvalue weighted by molar-refractivity contribution is -0.121. The number of halogens is 5. The second-order valence-corrected chi connectivity index (χ2v) is 11.2. The molecule has 0 aliphatic heterocycles. The van der Waals surface area contributed by atoms with Gasteiger partial charge in [0.25, 0.3) is 5.91 Å². The van der Waals surface area contributed by atoms with Crippen molar-refractivity contribution in [2.45, 2.75) is 55.6 Å². The van der Waals surface area contributed by atoms with E-state index in [-0.39, 0.29) is 24.2 Å². The first-order valence-corrected chi connectivity index (χ1v) is 13.8. The van der Waals surface area contributed by atoms with Crippen LogP contribution in [0, 0.1) is 29.1 Å². The molecule has 7 nitrogen and oxygen atoms in total. The number of amides is 1. The molecule has 224 valence electrons. The van der Waals surface area contributed by atoms with Crippen LogP contribution in [0.3, 0.4) is 0 Å². The number of carbonyl (C=O) groups is 2. The molecular formula is C29H28F5N3O4S. The number of nitrogens with zero attached hydrogens (tertiary/aromatic N) is 2. The highest BCUT2D eigenvalue weighted by molar-refractivity contribution is 7.97. The summed E-state index contributed by atoms with van der Waals surface area (Å²) in [6, 6.07) is 11.0. The van der Waals surface area contributed by atoms with Crippen LogP contribution in [0.25, 0.3) is 0 Å². The maximum atomic E-state index is 14.3. The molecule has 1 amide bonds. The number of likely N-dealkylation sites (N-methyl/N-ethyl adjacent to an activating group) is 1. The van der Waals surface area contributed by atoms with Crippen molar-refractivity contribution in [3.8, 4) is 5.75 Å². The van der Waals surface area contributed by atoms with Gasteiger partial charge in [0.2, 0.25) is 5.82 Å². The molecule has 4 N–H and O–H groups in total. The van der Waals surface area contributed by atoms with Gasteiger partial charge in [-0.05, 0) is 54.0 Å². The van der Waals surface area contributed by atoms with Crippen LogP contribution >= 0.6 is 11.9 Å². The Morgan fingerprint density at radius 2 is 1.50 bits per heavy atom. The molecule has 1 saturated carbocycles. The summed E-state index contributed by atoms with van der Waals surface area (Å²) in [4.78, 5) is 24.9. The van der Waals surface area contributed by atoms with Crippen LogP contribution in [-0.2, 0) is 11.3 Å². The van der Waals surface area contributed by atoms with Gasteiger partial charge in [0, 0.05) is 18.8 Å². The molecule has 3 aromatic rings. The Bertz CT molecular complexity index is 1460. The molecule has 0 radical (unpaired) electrons. The first-order valence-electron chi connectivity index (χ1n) is 13.0. The fraction of sp³-hybridized carbons (Fsp3) is 0.310. The zero-order chi connectivity index (χ0) is 30.7. The van der Waals surface area contributed by atoms with E-state index in [4.69, 9.17) is 5.73 Å². The molecule has 0 saturated heterocycles. The topological polar surface area (TPSA) is 107 Å². The lowest BCUT2D eigenvalue weighted by Crippen LogP contribution is -2.50. The number of aromatic carboxylic acids is 1. The number of hydrogen-bond acceptors (Lipinski definition) is 6. The Labute approximate surface area is 242 Å². The van der Waals surface area contributed by atoms with Gasteiger partial charge in [-0.25, -0.2) is 31.1 Å². The van der Waals surface area contributed by atoms with Gasteiger partial charge in [0.1, 0.15) is 22.4 Å². The van der Waals surface area contributed by atoms with E-state index in [1.807, 2.05) is 24.3 Å². The predicted molar refractivity (Wildman–Crippen MR) is 146 cm³/mol. The number of benzene rings is 3. The Morgan fingerprint density at radius 1 is 0.929 bits per heavy atom. The molecule has 13 heteroatoms. The third kappa shape index (κ3) is 6.53. The lowest BCUT2D eigenvalue weighted by atomic mass is 9.84. The maximum absolute atomic E-state index is 14.3. The number of rotatable bonds is 9. The van der Waals surface area contributed by atoms with E-state index in [1.165, 1.54) is 12.5 Å². The number of phenols is 1. The summed E-state index contributed by atoms with van der Waals surface area (Å²) in [5, 5.41) is 19.5. The van der Waals surface area contributed by atoms with Gasteiger partial charge in [-0.15, -0.1) is 0 Å². The zero-order valence-corrected chi connectivity index (χ0v) is 23.2. The van der Waals surface area contributed by atoms with Gasteiger partial charge < -0.3 is 20.8 Å². The summed E-state index contributed by atoms with van der Waals surface area (Å²) < 4.78 is 70.3. The smallest absolute Gasteiger partial charge is 0.339 e. The molecule has 42 heavy (non-hydrogen) atoms. The van der Waals surface area contributed by atoms with Crippen LogP contribution in [0.15, 0.2) is 47.4 Å². The van der Waals surface area contributed by atoms with Crippen LogP contribution in [0.4, 0.5) is 27.6 Å². The Kier molecular flexibility index (Phi) is 9.74. The lowest BCUT2D eigenvalue weighted by Gasteiger charge is -2.30. The maximum Gasteiger partial charge on any atom is 0.339 e. The average molecular weight is 610 g/mol. The molecule has 1 aliphatic carbocycles. The van der Waals surface area contributed by atoms with Gasteiger partial charge in [-0.1, -0.05) is 43.5 Å². The van der Waals surface area contributed by atoms with Gasteiger partial charge in [-0.3, -0.25) is 4.79 Å². The minimum absolute atomic E-state index is 0.0535. The molecular weight excluding hydrogens is 581 g/mol. The van der Waals surface area contributed by atoms with Crippen molar-refractivity contribution in [1.29, 1.82) is 0 Å². The zero-order valence-electron chi connectivity index (χ0n) is 22.4. The van der Waals surface area contributed by atoms with E-state index in [0.717, 1.165) is 59.6 Å². The standard InChI is InChI=1S/C29H28F5N3O4S/c1-36(42-26-24(33)22(31)21(30)23(32)25(26)34)27(35)28(39)37(18-11-12-19(29(40)41)20(38)13-18)14-15-7-9-17(10-8-15)16-5-3-2-4-6-16/h7-13,16,27,38H,2-6,14,35H2,1H3,(H,40,41). The van der Waals surface area contributed by atoms with Gasteiger partial charge >= 0.3 is 5.97 Å². The quantitative estimate of drug-likeness (QED) is 0.0861. The summed E-state index contributed by atoms with van der Waals surface area (Å²) in [6.45, 7) is -0.0929. The molecule has 4 rings (SSSR count). The molecule has 1 atom stereocenters. The highest BCUT2D eigenvalue weighted by Crippen LogP contribution is 2.35. The van der Waals surface area contributed by atoms with Crippen molar-refractivity contribution in [2.24, 2.45) is 5.73 Å². The summed E-state index contributed by atoms with van der Waals surface area (Å²) in [6.07, 6.45) is 4.00. The summed E-state index contributed by atoms with van der Waals surface area (Å²) in [5.74, 6) is -13.2. The van der Waals surface area contributed by atoms with Crippen LogP contribution in [-0.4, -0.2) is 39.6 Å². The highest BCUT2D eigenvalue weighted by atomic mass is 32.2. The van der Waals surface area contributed by atoms with E-state index >= 15 is 0 Å². The number of carbonyl (C=O) groups excluding carboxylic acids is 1. The Balaban J connectivity index is 1.63. The second-order valence-electron chi connectivity index (χ2n) is 9.99. The van der Waals surface area contributed by atoms with Gasteiger partial charge in [0.15, 0.2) is 23.3 Å². The van der Waals surface area contributed by atoms with E-state index in [0.29, 0.717) is 11.5 Å². The number of nitrogens with two attached hydrogens (primary N) is 1. The number of aromatic hydroxyl groups is 1. The van der Waals surface area contributed by atoms with Gasteiger partial charge in [0.05, 0.1) is 6.54 Å². The minimum atomic E-state index is -2.32. The summed E-state index contributed by atoms with van der Waals surface area (Å²) in [5.41, 5.74) is 7.57. The van der Waals surface area contributed by atoms with Crippen molar-refractivity contribution in [3.63, 3.8) is 0 Å². The average Bonchev–Trinajstić information content (AvgIpc) is 2.99. The normalized spacial score (nSPS) is 14.7. The third-order valence-corrected chi connectivity index (χ3v) is 8.29. The van der Waals surface area contributed by atoms with Crippen LogP contribution < -0.4 is 10.6 Å². The molecule has 1 aliphatic rings. The molecule has 0 heterocycles. The predicted octanol–water partition coefficient (Wildman–Crippen LogP) is 6.29. The van der Waals surface area contributed by atoms with Crippen LogP contribution in [0.5, 0.6) is 5.75 Å². The number of carboxylic acid groups (broad SMARTS) is 1. The van der Waals surface area contributed by atoms with Crippen LogP contribution in [0.1, 0.15) is 59.5 Å². The molecule has 0 spiro atoms. The number of carboxylic acids is 1. The Morgan fingerprint density at radius 3 is 2.05 bits per heavy atom. The first kappa shape index (κ1) is 31.3. The molecule has 1 unspecified atom stereocenters. The Hall–Kier alpha value is -3.68. The van der Waals surface area contributed by atoms with E-state index in [1.54, 1.807) is 0 Å². The summed E-state index contributed by atoms with van der Waals surface area (Å²) >= 11 is 0.0535. The second kappa shape index (κ2) is 13.1. The van der Waals surface area contributed by atoms with Crippen molar-refractivity contribution >= 4 is 29.5 Å². The highest BCUT2D eigenvalue weighted by Gasteiger charge is 2.32. The first-order chi connectivity index (χ1) is 19.9. The van der Waals surface area contributed by atoms with E-state index in [9.17, 15) is 41.8 Å². The number of hydrogen-bond donors (Lipinski definition) is 3. The SMILES string of the molecule is CN(Sc1c(F)c(F)c(F)c(F)c1F)C(N)C(=O)N(Cc1ccc(C2CCCCC2)cc1)c1ccc(C(=O)O)c(O)c1. The fourth-order valence-corrected chi connectivity index (χ4v) is 5.69. The molecule has 0 aromatic heterocycles. The van der Waals surface area contributed by atoms with Crippen molar-refractivity contribution in [3.05, 3.63) is 88.2 Å². The monoisotopic (exact) mass is 609 g/mol. The van der Waals surface area contributed by atoms with Crippen molar-refractivity contribution in [2.75, 3.05) is 11.9 Å². The van der Waals surface area contributed by atoms with Crippen LogP contribution in [0.2, 0.25) is 0 Å². The largest absolute Gasteiger partial charge is 0.507 e. The van der Waals surface area contributed by atoms with Gasteiger partial charge in [-0.2, -0.15) is 0 Å².